The fraction of sp³-hybridized carbons (Fsp3) is 0.417. The molecule has 1 saturated heterocycles. The van der Waals surface area contributed by atoms with Crippen molar-refractivity contribution in [2.45, 2.75) is 19.4 Å². The molecule has 3 nitrogen and oxygen atoms in total. The molecule has 0 unspecified atom stereocenters. The summed E-state index contributed by atoms with van der Waals surface area (Å²) in [5.41, 5.74) is 0.671. The Morgan fingerprint density at radius 2 is 2.27 bits per heavy atom. The fourth-order valence-electron chi connectivity index (χ4n) is 1.77. The van der Waals surface area contributed by atoms with Crippen molar-refractivity contribution in [2.24, 2.45) is 0 Å². The Balaban J connectivity index is 2.15. The number of hydrogen-bond donors (Lipinski definition) is 1. The molecule has 80 valence electrons. The van der Waals surface area contributed by atoms with Gasteiger partial charge in [-0.1, -0.05) is 12.1 Å². The smallest absolute Gasteiger partial charge is 0.163 e. The largest absolute Gasteiger partial charge is 0.488 e. The molecule has 1 atom stereocenters. The summed E-state index contributed by atoms with van der Waals surface area (Å²) < 4.78 is 5.78. The molecule has 1 heterocycles. The SMILES string of the molecule is CC(=O)c1ccccc1O[C@@H]1CCNC1. The van der Waals surface area contributed by atoms with E-state index in [-0.39, 0.29) is 11.9 Å². The number of ether oxygens (including phenoxy) is 1. The minimum Gasteiger partial charge on any atom is -0.488 e. The zero-order valence-corrected chi connectivity index (χ0v) is 8.82. The lowest BCUT2D eigenvalue weighted by atomic mass is 10.1. The van der Waals surface area contributed by atoms with Crippen molar-refractivity contribution in [3.8, 4) is 5.75 Å². The number of para-hydroxylation sites is 1. The highest BCUT2D eigenvalue weighted by atomic mass is 16.5. The predicted molar refractivity (Wildman–Crippen MR) is 58.3 cm³/mol. The standard InChI is InChI=1S/C12H15NO2/c1-9(14)11-4-2-3-5-12(11)15-10-6-7-13-8-10/h2-5,10,13H,6-8H2,1H3/t10-/m1/s1. The number of carbonyl (C=O) groups is 1. The monoisotopic (exact) mass is 205 g/mol. The summed E-state index contributed by atoms with van der Waals surface area (Å²) in [5.74, 6) is 0.759. The molecule has 1 aliphatic heterocycles. The van der Waals surface area contributed by atoms with Crippen LogP contribution in [0, 0.1) is 0 Å². The predicted octanol–water partition coefficient (Wildman–Crippen LogP) is 1.63. The normalized spacial score (nSPS) is 20.2. The lowest BCUT2D eigenvalue weighted by Crippen LogP contribution is -2.20. The van der Waals surface area contributed by atoms with E-state index in [9.17, 15) is 4.79 Å². The van der Waals surface area contributed by atoms with E-state index < -0.39 is 0 Å². The maximum absolute atomic E-state index is 11.3. The third kappa shape index (κ3) is 2.36. The molecule has 0 aliphatic carbocycles. The number of ketones is 1. The van der Waals surface area contributed by atoms with E-state index in [0.29, 0.717) is 11.3 Å². The van der Waals surface area contributed by atoms with E-state index in [0.717, 1.165) is 19.5 Å². The van der Waals surface area contributed by atoms with Gasteiger partial charge < -0.3 is 10.1 Å². The van der Waals surface area contributed by atoms with Crippen molar-refractivity contribution in [3.63, 3.8) is 0 Å². The summed E-state index contributed by atoms with van der Waals surface area (Å²) in [7, 11) is 0. The maximum Gasteiger partial charge on any atom is 0.163 e. The Bertz CT molecular complexity index is 356. The molecular formula is C12H15NO2. The molecule has 1 aliphatic rings. The van der Waals surface area contributed by atoms with E-state index >= 15 is 0 Å². The second-order valence-corrected chi connectivity index (χ2v) is 3.79. The van der Waals surface area contributed by atoms with Gasteiger partial charge in [0.15, 0.2) is 5.78 Å². The van der Waals surface area contributed by atoms with Gasteiger partial charge in [0.25, 0.3) is 0 Å². The van der Waals surface area contributed by atoms with Crippen LogP contribution in [0.3, 0.4) is 0 Å². The first-order valence-corrected chi connectivity index (χ1v) is 5.24. The van der Waals surface area contributed by atoms with Crippen LogP contribution in [0.1, 0.15) is 23.7 Å². The molecule has 1 N–H and O–H groups in total. The van der Waals surface area contributed by atoms with Crippen molar-refractivity contribution < 1.29 is 9.53 Å². The summed E-state index contributed by atoms with van der Waals surface area (Å²) in [6, 6.07) is 7.41. The van der Waals surface area contributed by atoms with Gasteiger partial charge in [0.2, 0.25) is 0 Å². The quantitative estimate of drug-likeness (QED) is 0.762. The first kappa shape index (κ1) is 10.2. The second-order valence-electron chi connectivity index (χ2n) is 3.79. The number of rotatable bonds is 3. The van der Waals surface area contributed by atoms with Gasteiger partial charge in [0.05, 0.1) is 5.56 Å². The molecule has 2 rings (SSSR count). The van der Waals surface area contributed by atoms with Crippen LogP contribution in [0.2, 0.25) is 0 Å². The fourth-order valence-corrected chi connectivity index (χ4v) is 1.77. The van der Waals surface area contributed by atoms with Gasteiger partial charge in [-0.2, -0.15) is 0 Å². The Morgan fingerprint density at radius 1 is 1.47 bits per heavy atom. The number of carbonyl (C=O) groups excluding carboxylic acids is 1. The van der Waals surface area contributed by atoms with Gasteiger partial charge in [-0.15, -0.1) is 0 Å². The van der Waals surface area contributed by atoms with Crippen LogP contribution in [-0.4, -0.2) is 25.0 Å². The Morgan fingerprint density at radius 3 is 2.93 bits per heavy atom. The average molecular weight is 205 g/mol. The zero-order chi connectivity index (χ0) is 10.7. The summed E-state index contributed by atoms with van der Waals surface area (Å²) in [4.78, 5) is 11.3. The third-order valence-corrected chi connectivity index (χ3v) is 2.58. The van der Waals surface area contributed by atoms with E-state index in [1.807, 2.05) is 18.2 Å². The highest BCUT2D eigenvalue weighted by molar-refractivity contribution is 5.96. The van der Waals surface area contributed by atoms with Gasteiger partial charge in [-0.25, -0.2) is 0 Å². The molecule has 0 saturated carbocycles. The van der Waals surface area contributed by atoms with Crippen molar-refractivity contribution in [1.82, 2.24) is 5.32 Å². The first-order valence-electron chi connectivity index (χ1n) is 5.24. The van der Waals surface area contributed by atoms with Crippen LogP contribution in [0.25, 0.3) is 0 Å². The molecule has 15 heavy (non-hydrogen) atoms. The number of nitrogens with one attached hydrogen (secondary N) is 1. The van der Waals surface area contributed by atoms with Crippen LogP contribution in [0.4, 0.5) is 0 Å². The van der Waals surface area contributed by atoms with E-state index in [1.54, 1.807) is 13.0 Å². The van der Waals surface area contributed by atoms with Crippen molar-refractivity contribution in [1.29, 1.82) is 0 Å². The molecule has 0 bridgehead atoms. The second kappa shape index (κ2) is 4.45. The van der Waals surface area contributed by atoms with Gasteiger partial charge in [0.1, 0.15) is 11.9 Å². The average Bonchev–Trinajstić information content (AvgIpc) is 2.71. The van der Waals surface area contributed by atoms with Crippen LogP contribution >= 0.6 is 0 Å². The summed E-state index contributed by atoms with van der Waals surface area (Å²) >= 11 is 0. The molecule has 1 aromatic carbocycles. The highest BCUT2D eigenvalue weighted by Gasteiger charge is 2.18. The van der Waals surface area contributed by atoms with Crippen LogP contribution in [0.5, 0.6) is 5.75 Å². The van der Waals surface area contributed by atoms with Gasteiger partial charge in [-0.3, -0.25) is 4.79 Å². The maximum atomic E-state index is 11.3. The molecule has 0 spiro atoms. The number of hydrogen-bond acceptors (Lipinski definition) is 3. The van der Waals surface area contributed by atoms with Crippen molar-refractivity contribution in [3.05, 3.63) is 29.8 Å². The molecule has 0 radical (unpaired) electrons. The third-order valence-electron chi connectivity index (χ3n) is 2.58. The molecule has 3 heteroatoms. The van der Waals surface area contributed by atoms with Crippen molar-refractivity contribution >= 4 is 5.78 Å². The molecule has 1 fully saturated rings. The molecule has 0 aromatic heterocycles. The van der Waals surface area contributed by atoms with E-state index in [1.165, 1.54) is 0 Å². The van der Waals surface area contributed by atoms with Crippen molar-refractivity contribution in [2.75, 3.05) is 13.1 Å². The Hall–Kier alpha value is -1.35. The summed E-state index contributed by atoms with van der Waals surface area (Å²) in [6.07, 6.45) is 1.21. The van der Waals surface area contributed by atoms with Gasteiger partial charge in [-0.05, 0) is 32.0 Å². The Kier molecular flexibility index (Phi) is 3.02. The molecule has 0 amide bonds. The highest BCUT2D eigenvalue weighted by Crippen LogP contribution is 2.21. The number of Topliss-reactive ketones (excluding diaryl/α,β-unsaturated/α-hetero) is 1. The molecule has 1 aromatic rings. The topological polar surface area (TPSA) is 38.3 Å². The summed E-state index contributed by atoms with van der Waals surface area (Å²) in [5, 5.41) is 3.23. The first-order chi connectivity index (χ1) is 7.27. The van der Waals surface area contributed by atoms with Crippen LogP contribution < -0.4 is 10.1 Å². The lowest BCUT2D eigenvalue weighted by molar-refractivity contribution is 0.101. The Labute approximate surface area is 89.4 Å². The van der Waals surface area contributed by atoms with Gasteiger partial charge in [0, 0.05) is 6.54 Å². The number of benzene rings is 1. The van der Waals surface area contributed by atoms with Crippen LogP contribution in [-0.2, 0) is 0 Å². The van der Waals surface area contributed by atoms with Gasteiger partial charge >= 0.3 is 0 Å². The minimum atomic E-state index is 0.0524. The van der Waals surface area contributed by atoms with Crippen LogP contribution in [0.15, 0.2) is 24.3 Å². The summed E-state index contributed by atoms with van der Waals surface area (Å²) in [6.45, 7) is 3.42. The minimum absolute atomic E-state index is 0.0524. The zero-order valence-electron chi connectivity index (χ0n) is 8.82. The van der Waals surface area contributed by atoms with E-state index in [2.05, 4.69) is 5.32 Å². The lowest BCUT2D eigenvalue weighted by Gasteiger charge is -2.14. The van der Waals surface area contributed by atoms with E-state index in [4.69, 9.17) is 4.74 Å². The molecular weight excluding hydrogens is 190 g/mol.